The highest BCUT2D eigenvalue weighted by Gasteiger charge is 2.16. The number of aromatic nitrogens is 4. The second-order valence-corrected chi connectivity index (χ2v) is 5.53. The number of thioether (sulfide) groups is 1. The van der Waals surface area contributed by atoms with Crippen molar-refractivity contribution in [1.29, 1.82) is 0 Å². The molecule has 1 heterocycles. The van der Waals surface area contributed by atoms with Crippen LogP contribution < -0.4 is 0 Å². The summed E-state index contributed by atoms with van der Waals surface area (Å²) >= 11 is 1.47. The van der Waals surface area contributed by atoms with E-state index in [4.69, 9.17) is 0 Å². The van der Waals surface area contributed by atoms with E-state index in [9.17, 15) is 5.11 Å². The van der Waals surface area contributed by atoms with Gasteiger partial charge in [-0.3, -0.25) is 0 Å². The van der Waals surface area contributed by atoms with Crippen LogP contribution in [0.5, 0.6) is 0 Å². The molecule has 92 valence electrons. The van der Waals surface area contributed by atoms with Crippen molar-refractivity contribution in [3.63, 3.8) is 0 Å². The van der Waals surface area contributed by atoms with Crippen LogP contribution in [0.15, 0.2) is 5.16 Å². The molecule has 0 fully saturated rings. The summed E-state index contributed by atoms with van der Waals surface area (Å²) < 4.78 is 1.76. The van der Waals surface area contributed by atoms with Gasteiger partial charge in [0.1, 0.15) is 0 Å². The van der Waals surface area contributed by atoms with Gasteiger partial charge in [0.15, 0.2) is 0 Å². The molecular weight excluding hydrogens is 226 g/mol. The molecule has 0 aliphatic carbocycles. The van der Waals surface area contributed by atoms with Crippen molar-refractivity contribution in [2.24, 2.45) is 0 Å². The average Bonchev–Trinajstić information content (AvgIpc) is 2.57. The van der Waals surface area contributed by atoms with Crippen molar-refractivity contribution in [2.45, 2.75) is 31.1 Å². The Hall–Kier alpha value is -0.660. The summed E-state index contributed by atoms with van der Waals surface area (Å²) in [5.74, 6) is 0.579. The average molecular weight is 245 g/mol. The number of hydrogen-bond acceptors (Lipinski definition) is 6. The van der Waals surface area contributed by atoms with Crippen molar-refractivity contribution in [1.82, 2.24) is 25.1 Å². The number of tetrazole rings is 1. The number of rotatable bonds is 6. The van der Waals surface area contributed by atoms with E-state index < -0.39 is 5.60 Å². The molecule has 0 saturated heterocycles. The van der Waals surface area contributed by atoms with Crippen molar-refractivity contribution >= 4 is 11.8 Å². The van der Waals surface area contributed by atoms with Gasteiger partial charge in [-0.05, 0) is 38.4 Å². The van der Waals surface area contributed by atoms with Gasteiger partial charge in [-0.1, -0.05) is 11.8 Å². The number of hydrogen-bond donors (Lipinski definition) is 1. The first kappa shape index (κ1) is 13.4. The lowest BCUT2D eigenvalue weighted by Crippen LogP contribution is -2.23. The Morgan fingerprint density at radius 1 is 1.44 bits per heavy atom. The van der Waals surface area contributed by atoms with Gasteiger partial charge in [-0.2, -0.15) is 0 Å². The highest BCUT2D eigenvalue weighted by atomic mass is 32.2. The predicted octanol–water partition coefficient (Wildman–Crippen LogP) is 0.0977. The second kappa shape index (κ2) is 5.60. The molecule has 16 heavy (non-hydrogen) atoms. The van der Waals surface area contributed by atoms with E-state index in [1.807, 2.05) is 14.1 Å². The molecule has 6 nitrogen and oxygen atoms in total. The summed E-state index contributed by atoms with van der Waals surface area (Å²) in [6.45, 7) is 5.19. The Morgan fingerprint density at radius 2 is 2.12 bits per heavy atom. The van der Waals surface area contributed by atoms with Crippen LogP contribution in [0.2, 0.25) is 0 Å². The van der Waals surface area contributed by atoms with Crippen LogP contribution in [-0.4, -0.2) is 62.2 Å². The zero-order valence-corrected chi connectivity index (χ0v) is 11.0. The largest absolute Gasteiger partial charge is 0.390 e. The molecule has 0 atom stereocenters. The Labute approximate surface area is 100 Å². The highest BCUT2D eigenvalue weighted by Crippen LogP contribution is 2.19. The summed E-state index contributed by atoms with van der Waals surface area (Å²) in [6.07, 6.45) is 0. The summed E-state index contributed by atoms with van der Waals surface area (Å²) in [5.41, 5.74) is -0.705. The van der Waals surface area contributed by atoms with Crippen LogP contribution in [0, 0.1) is 0 Å². The molecule has 0 amide bonds. The molecule has 0 radical (unpaired) electrons. The fourth-order valence-corrected chi connectivity index (χ4v) is 1.83. The van der Waals surface area contributed by atoms with Gasteiger partial charge in [0.05, 0.1) is 12.1 Å². The lowest BCUT2D eigenvalue weighted by molar-refractivity contribution is 0.107. The van der Waals surface area contributed by atoms with E-state index in [2.05, 4.69) is 20.4 Å². The van der Waals surface area contributed by atoms with Crippen LogP contribution in [0.1, 0.15) is 13.8 Å². The molecule has 1 rings (SSSR count). The maximum absolute atomic E-state index is 9.62. The van der Waals surface area contributed by atoms with E-state index in [0.717, 1.165) is 18.2 Å². The smallest absolute Gasteiger partial charge is 0.209 e. The lowest BCUT2D eigenvalue weighted by atomic mass is 10.2. The normalized spacial score (nSPS) is 12.4. The molecular formula is C9H19N5OS. The summed E-state index contributed by atoms with van der Waals surface area (Å²) in [4.78, 5) is 2.08. The maximum atomic E-state index is 9.62. The first-order valence-electron chi connectivity index (χ1n) is 5.14. The standard InChI is InChI=1S/C9H19N5OS/c1-9(2,15)7-16-8-10-11-12-14(8)6-5-13(3)4/h15H,5-7H2,1-4H3. The Bertz CT molecular complexity index is 320. The van der Waals surface area contributed by atoms with Crippen molar-refractivity contribution < 1.29 is 5.11 Å². The molecule has 1 N–H and O–H groups in total. The van der Waals surface area contributed by atoms with E-state index in [1.165, 1.54) is 11.8 Å². The van der Waals surface area contributed by atoms with Crippen LogP contribution in [-0.2, 0) is 6.54 Å². The third kappa shape index (κ3) is 4.91. The molecule has 1 aromatic rings. The fourth-order valence-electron chi connectivity index (χ4n) is 0.976. The topological polar surface area (TPSA) is 67.1 Å². The van der Waals surface area contributed by atoms with Gasteiger partial charge < -0.3 is 10.0 Å². The van der Waals surface area contributed by atoms with Gasteiger partial charge >= 0.3 is 0 Å². The number of nitrogens with zero attached hydrogens (tertiary/aromatic N) is 5. The van der Waals surface area contributed by atoms with E-state index >= 15 is 0 Å². The van der Waals surface area contributed by atoms with Crippen LogP contribution in [0.3, 0.4) is 0 Å². The first-order chi connectivity index (χ1) is 7.38. The van der Waals surface area contributed by atoms with Gasteiger partial charge in [0.2, 0.25) is 5.16 Å². The third-order valence-corrected chi connectivity index (χ3v) is 3.21. The quantitative estimate of drug-likeness (QED) is 0.717. The van der Waals surface area contributed by atoms with Crippen molar-refractivity contribution in [2.75, 3.05) is 26.4 Å². The summed E-state index contributed by atoms with van der Waals surface area (Å²) in [6, 6.07) is 0. The van der Waals surface area contributed by atoms with Gasteiger partial charge in [0.25, 0.3) is 0 Å². The Kier molecular flexibility index (Phi) is 4.69. The third-order valence-electron chi connectivity index (χ3n) is 1.81. The molecule has 0 saturated carbocycles. The molecule has 0 bridgehead atoms. The second-order valence-electron chi connectivity index (χ2n) is 4.59. The van der Waals surface area contributed by atoms with Crippen LogP contribution in [0.4, 0.5) is 0 Å². The molecule has 0 aromatic carbocycles. The minimum atomic E-state index is -0.705. The number of aliphatic hydroxyl groups is 1. The fraction of sp³-hybridized carbons (Fsp3) is 0.889. The Balaban J connectivity index is 2.50. The molecule has 0 aliphatic heterocycles. The predicted molar refractivity (Wildman–Crippen MR) is 63.4 cm³/mol. The van der Waals surface area contributed by atoms with Gasteiger partial charge in [-0.15, -0.1) is 5.10 Å². The zero-order chi connectivity index (χ0) is 12.2. The zero-order valence-electron chi connectivity index (χ0n) is 10.2. The molecule has 7 heteroatoms. The summed E-state index contributed by atoms with van der Waals surface area (Å²) in [5, 5.41) is 21.9. The van der Waals surface area contributed by atoms with Crippen molar-refractivity contribution in [3.05, 3.63) is 0 Å². The monoisotopic (exact) mass is 245 g/mol. The van der Waals surface area contributed by atoms with Crippen LogP contribution >= 0.6 is 11.8 Å². The minimum absolute atomic E-state index is 0.579. The molecule has 0 unspecified atom stereocenters. The number of likely N-dealkylation sites (N-methyl/N-ethyl adjacent to an activating group) is 1. The molecule has 1 aromatic heterocycles. The van der Waals surface area contributed by atoms with E-state index in [1.54, 1.807) is 18.5 Å². The van der Waals surface area contributed by atoms with E-state index in [-0.39, 0.29) is 0 Å². The highest BCUT2D eigenvalue weighted by molar-refractivity contribution is 7.99. The maximum Gasteiger partial charge on any atom is 0.209 e. The SMILES string of the molecule is CN(C)CCn1nnnc1SCC(C)(C)O. The lowest BCUT2D eigenvalue weighted by Gasteiger charge is -2.15. The molecule has 0 aliphatic rings. The Morgan fingerprint density at radius 3 is 2.69 bits per heavy atom. The minimum Gasteiger partial charge on any atom is -0.390 e. The van der Waals surface area contributed by atoms with Gasteiger partial charge in [-0.25, -0.2) is 4.68 Å². The first-order valence-corrected chi connectivity index (χ1v) is 6.13. The molecule has 0 spiro atoms. The van der Waals surface area contributed by atoms with Crippen LogP contribution in [0.25, 0.3) is 0 Å². The van der Waals surface area contributed by atoms with E-state index in [0.29, 0.717) is 5.75 Å². The van der Waals surface area contributed by atoms with Gasteiger partial charge in [0, 0.05) is 12.3 Å². The van der Waals surface area contributed by atoms with Crippen molar-refractivity contribution in [3.8, 4) is 0 Å². The summed E-state index contributed by atoms with van der Waals surface area (Å²) in [7, 11) is 4.02.